The first-order chi connectivity index (χ1) is 8.78. The minimum atomic E-state index is 0.514. The van der Waals surface area contributed by atoms with Gasteiger partial charge in [0.25, 0.3) is 0 Å². The van der Waals surface area contributed by atoms with Crippen LogP contribution in [0.2, 0.25) is 5.02 Å². The van der Waals surface area contributed by atoms with E-state index in [-0.39, 0.29) is 0 Å². The van der Waals surface area contributed by atoms with E-state index < -0.39 is 0 Å². The fourth-order valence-electron chi connectivity index (χ4n) is 2.22. The Morgan fingerprint density at radius 1 is 1.22 bits per heavy atom. The Hall–Kier alpha value is -1.25. The Morgan fingerprint density at radius 2 is 2.11 bits per heavy atom. The number of benzene rings is 1. The standard InChI is InChI=1S/C15H18ClNO/c1-17-11-13(10-15-6-3-7-18-15)8-12-4-2-5-14(16)9-12/h2-7,9,13,17H,8,10-11H2,1H3. The van der Waals surface area contributed by atoms with Crippen molar-refractivity contribution >= 4 is 11.6 Å². The molecular formula is C15H18ClNO. The number of rotatable bonds is 6. The molecule has 0 aliphatic heterocycles. The van der Waals surface area contributed by atoms with Crippen LogP contribution in [-0.2, 0) is 12.8 Å². The summed E-state index contributed by atoms with van der Waals surface area (Å²) in [6.07, 6.45) is 3.67. The van der Waals surface area contributed by atoms with Crippen LogP contribution in [0.15, 0.2) is 47.1 Å². The van der Waals surface area contributed by atoms with Crippen LogP contribution in [0.1, 0.15) is 11.3 Å². The van der Waals surface area contributed by atoms with E-state index in [1.165, 1.54) is 5.56 Å². The van der Waals surface area contributed by atoms with Gasteiger partial charge in [-0.15, -0.1) is 0 Å². The van der Waals surface area contributed by atoms with Crippen LogP contribution in [0.25, 0.3) is 0 Å². The number of furan rings is 1. The molecule has 2 rings (SSSR count). The highest BCUT2D eigenvalue weighted by molar-refractivity contribution is 6.30. The van der Waals surface area contributed by atoms with Gasteiger partial charge in [-0.3, -0.25) is 0 Å². The molecule has 3 heteroatoms. The largest absolute Gasteiger partial charge is 0.469 e. The Bertz CT molecular complexity index is 467. The van der Waals surface area contributed by atoms with E-state index in [9.17, 15) is 0 Å². The van der Waals surface area contributed by atoms with Crippen molar-refractivity contribution < 1.29 is 4.42 Å². The first kappa shape index (κ1) is 13.2. The lowest BCUT2D eigenvalue weighted by Crippen LogP contribution is -2.22. The zero-order chi connectivity index (χ0) is 12.8. The van der Waals surface area contributed by atoms with Crippen LogP contribution < -0.4 is 5.32 Å². The van der Waals surface area contributed by atoms with Gasteiger partial charge in [0, 0.05) is 11.4 Å². The number of hydrogen-bond donors (Lipinski definition) is 1. The zero-order valence-electron chi connectivity index (χ0n) is 10.5. The smallest absolute Gasteiger partial charge is 0.104 e. The quantitative estimate of drug-likeness (QED) is 0.862. The molecule has 1 atom stereocenters. The molecule has 1 unspecified atom stereocenters. The molecule has 1 aromatic heterocycles. The lowest BCUT2D eigenvalue weighted by molar-refractivity contribution is 0.425. The maximum absolute atomic E-state index is 6.01. The molecule has 0 amide bonds. The minimum Gasteiger partial charge on any atom is -0.469 e. The zero-order valence-corrected chi connectivity index (χ0v) is 11.3. The van der Waals surface area contributed by atoms with Crippen LogP contribution in [0, 0.1) is 5.92 Å². The molecule has 1 heterocycles. The molecule has 0 aliphatic carbocycles. The molecule has 0 fully saturated rings. The third kappa shape index (κ3) is 3.90. The monoisotopic (exact) mass is 263 g/mol. The molecule has 0 bridgehead atoms. The van der Waals surface area contributed by atoms with E-state index in [2.05, 4.69) is 11.4 Å². The van der Waals surface area contributed by atoms with E-state index in [0.717, 1.165) is 30.2 Å². The summed E-state index contributed by atoms with van der Waals surface area (Å²) in [7, 11) is 1.98. The molecule has 0 radical (unpaired) electrons. The normalized spacial score (nSPS) is 12.6. The lowest BCUT2D eigenvalue weighted by Gasteiger charge is -2.15. The van der Waals surface area contributed by atoms with Gasteiger partial charge >= 0.3 is 0 Å². The minimum absolute atomic E-state index is 0.514. The summed E-state index contributed by atoms with van der Waals surface area (Å²) in [4.78, 5) is 0. The van der Waals surface area contributed by atoms with Crippen LogP contribution in [-0.4, -0.2) is 13.6 Å². The molecule has 2 aromatic rings. The van der Waals surface area contributed by atoms with Gasteiger partial charge in [0.2, 0.25) is 0 Å². The average molecular weight is 264 g/mol. The van der Waals surface area contributed by atoms with E-state index in [1.807, 2.05) is 37.4 Å². The lowest BCUT2D eigenvalue weighted by atomic mass is 9.95. The molecule has 0 aliphatic rings. The van der Waals surface area contributed by atoms with Crippen molar-refractivity contribution in [3.8, 4) is 0 Å². The highest BCUT2D eigenvalue weighted by atomic mass is 35.5. The second-order valence-corrected chi connectivity index (χ2v) is 4.98. The molecule has 1 N–H and O–H groups in total. The van der Waals surface area contributed by atoms with Gasteiger partial charge in [-0.1, -0.05) is 23.7 Å². The van der Waals surface area contributed by atoms with Crippen LogP contribution in [0.3, 0.4) is 0 Å². The topological polar surface area (TPSA) is 25.2 Å². The van der Waals surface area contributed by atoms with Crippen molar-refractivity contribution in [1.82, 2.24) is 5.32 Å². The Morgan fingerprint density at radius 3 is 2.78 bits per heavy atom. The molecule has 1 aromatic carbocycles. The second-order valence-electron chi connectivity index (χ2n) is 4.54. The van der Waals surface area contributed by atoms with Gasteiger partial charge in [0.05, 0.1) is 6.26 Å². The van der Waals surface area contributed by atoms with Crippen molar-refractivity contribution in [1.29, 1.82) is 0 Å². The highest BCUT2D eigenvalue weighted by Gasteiger charge is 2.11. The second kappa shape index (κ2) is 6.62. The van der Waals surface area contributed by atoms with Crippen LogP contribution in [0.4, 0.5) is 0 Å². The SMILES string of the molecule is CNCC(Cc1cccc(Cl)c1)Cc1ccco1. The van der Waals surface area contributed by atoms with Gasteiger partial charge in [-0.05, 0) is 55.8 Å². The van der Waals surface area contributed by atoms with Gasteiger partial charge in [-0.25, -0.2) is 0 Å². The predicted molar refractivity (Wildman–Crippen MR) is 75.0 cm³/mol. The molecule has 18 heavy (non-hydrogen) atoms. The van der Waals surface area contributed by atoms with Gasteiger partial charge in [0.15, 0.2) is 0 Å². The van der Waals surface area contributed by atoms with Crippen molar-refractivity contribution in [3.05, 3.63) is 59.0 Å². The van der Waals surface area contributed by atoms with Gasteiger partial charge < -0.3 is 9.73 Å². The van der Waals surface area contributed by atoms with Crippen molar-refractivity contribution in [2.45, 2.75) is 12.8 Å². The molecule has 96 valence electrons. The van der Waals surface area contributed by atoms with Crippen molar-refractivity contribution in [2.24, 2.45) is 5.92 Å². The van der Waals surface area contributed by atoms with Crippen LogP contribution in [0.5, 0.6) is 0 Å². The Balaban J connectivity index is 2.01. The summed E-state index contributed by atoms with van der Waals surface area (Å²) in [6.45, 7) is 0.965. The number of halogens is 1. The fraction of sp³-hybridized carbons (Fsp3) is 0.333. The summed E-state index contributed by atoms with van der Waals surface area (Å²) in [6, 6.07) is 12.0. The third-order valence-corrected chi connectivity index (χ3v) is 3.21. The maximum atomic E-state index is 6.01. The van der Waals surface area contributed by atoms with Crippen molar-refractivity contribution in [2.75, 3.05) is 13.6 Å². The number of hydrogen-bond acceptors (Lipinski definition) is 2. The summed E-state index contributed by atoms with van der Waals surface area (Å²) in [5.41, 5.74) is 1.27. The van der Waals surface area contributed by atoms with Gasteiger partial charge in [0.1, 0.15) is 5.76 Å². The number of nitrogens with one attached hydrogen (secondary N) is 1. The summed E-state index contributed by atoms with van der Waals surface area (Å²) >= 11 is 6.01. The molecule has 2 nitrogen and oxygen atoms in total. The molecular weight excluding hydrogens is 246 g/mol. The highest BCUT2D eigenvalue weighted by Crippen LogP contribution is 2.17. The van der Waals surface area contributed by atoms with E-state index in [4.69, 9.17) is 16.0 Å². The predicted octanol–water partition coefficient (Wildman–Crippen LogP) is 3.55. The van der Waals surface area contributed by atoms with Gasteiger partial charge in [-0.2, -0.15) is 0 Å². The first-order valence-corrected chi connectivity index (χ1v) is 6.57. The molecule has 0 spiro atoms. The average Bonchev–Trinajstić information content (AvgIpc) is 2.82. The summed E-state index contributed by atoms with van der Waals surface area (Å²) in [5.74, 6) is 1.55. The van der Waals surface area contributed by atoms with Crippen LogP contribution >= 0.6 is 11.6 Å². The van der Waals surface area contributed by atoms with Crippen molar-refractivity contribution in [3.63, 3.8) is 0 Å². The van der Waals surface area contributed by atoms with E-state index in [1.54, 1.807) is 6.26 Å². The third-order valence-electron chi connectivity index (χ3n) is 2.98. The molecule has 0 saturated carbocycles. The Kier molecular flexibility index (Phi) is 4.85. The molecule has 0 saturated heterocycles. The summed E-state index contributed by atoms with van der Waals surface area (Å²) in [5, 5.41) is 4.04. The van der Waals surface area contributed by atoms with E-state index in [0.29, 0.717) is 5.92 Å². The first-order valence-electron chi connectivity index (χ1n) is 6.19. The maximum Gasteiger partial charge on any atom is 0.104 e. The van der Waals surface area contributed by atoms with E-state index >= 15 is 0 Å². The summed E-state index contributed by atoms with van der Waals surface area (Å²) < 4.78 is 5.42. The fourth-order valence-corrected chi connectivity index (χ4v) is 2.43. The Labute approximate surface area is 113 Å².